The lowest BCUT2D eigenvalue weighted by Crippen LogP contribution is -2.49. The molecule has 1 aliphatic heterocycles. The molecule has 1 amide bonds. The highest BCUT2D eigenvalue weighted by Crippen LogP contribution is 2.51. The van der Waals surface area contributed by atoms with Crippen LogP contribution >= 0.6 is 0 Å². The number of nitrogens with zero attached hydrogens (tertiary/aromatic N) is 1. The number of ether oxygens (including phenoxy) is 2. The summed E-state index contributed by atoms with van der Waals surface area (Å²) in [5.41, 5.74) is 4.08. The molecule has 1 atom stereocenters. The Morgan fingerprint density at radius 1 is 0.903 bits per heavy atom. The molecule has 1 saturated carbocycles. The summed E-state index contributed by atoms with van der Waals surface area (Å²) in [6.45, 7) is 0.665. The second-order valence-electron chi connectivity index (χ2n) is 8.87. The first-order valence-electron chi connectivity index (χ1n) is 11.2. The highest BCUT2D eigenvalue weighted by atomic mass is 16.6. The predicted octanol–water partition coefficient (Wildman–Crippen LogP) is 5.88. The van der Waals surface area contributed by atoms with Crippen LogP contribution in [0.3, 0.4) is 0 Å². The first kappa shape index (κ1) is 18.5. The monoisotopic (exact) mass is 411 g/mol. The van der Waals surface area contributed by atoms with Crippen LogP contribution in [0.25, 0.3) is 5.57 Å². The summed E-state index contributed by atoms with van der Waals surface area (Å²) in [6, 6.07) is 20.1. The molecule has 1 unspecified atom stereocenters. The van der Waals surface area contributed by atoms with Crippen molar-refractivity contribution >= 4 is 11.7 Å². The van der Waals surface area contributed by atoms with Crippen LogP contribution in [0, 0.1) is 0 Å². The number of fused-ring (bicyclic) bond motifs is 2. The fourth-order valence-electron chi connectivity index (χ4n) is 5.40. The van der Waals surface area contributed by atoms with E-state index in [-0.39, 0.29) is 17.7 Å². The van der Waals surface area contributed by atoms with Gasteiger partial charge in [0, 0.05) is 11.1 Å². The molecular formula is C27H25NO3. The fraction of sp³-hybridized carbons (Fsp3) is 0.296. The molecule has 0 radical (unpaired) electrons. The number of benzene rings is 2. The highest BCUT2D eigenvalue weighted by Gasteiger charge is 2.54. The summed E-state index contributed by atoms with van der Waals surface area (Å²) >= 11 is 0. The van der Waals surface area contributed by atoms with Gasteiger partial charge < -0.3 is 9.47 Å². The average Bonchev–Trinajstić information content (AvgIpc) is 3.13. The third-order valence-electron chi connectivity index (χ3n) is 6.92. The van der Waals surface area contributed by atoms with Crippen LogP contribution < -0.4 is 4.74 Å². The number of rotatable bonds is 4. The van der Waals surface area contributed by atoms with Crippen LogP contribution in [0.2, 0.25) is 0 Å². The molecule has 2 aromatic carbocycles. The van der Waals surface area contributed by atoms with Gasteiger partial charge in [0.15, 0.2) is 0 Å². The summed E-state index contributed by atoms with van der Waals surface area (Å²) in [5.74, 6) is 1.68. The summed E-state index contributed by atoms with van der Waals surface area (Å²) in [7, 11) is 0. The number of carbonyl (C=O) groups is 1. The van der Waals surface area contributed by atoms with Crippen molar-refractivity contribution in [2.75, 3.05) is 6.54 Å². The van der Waals surface area contributed by atoms with E-state index in [1.165, 1.54) is 6.42 Å². The minimum Gasteiger partial charge on any atom is -0.457 e. The summed E-state index contributed by atoms with van der Waals surface area (Å²) in [4.78, 5) is 14.9. The van der Waals surface area contributed by atoms with E-state index in [4.69, 9.17) is 9.47 Å². The Hall–Kier alpha value is -3.27. The molecule has 0 aromatic heterocycles. The number of amides is 1. The molecular weight excluding hydrogens is 386 g/mol. The standard InChI is InChI=1S/C27H25NO3/c29-26-28(18-27(31-26)16-8-3-9-17-27)24-22-15-14-21(19-10-4-1-5-11-19)23(24)25(22)30-20-12-6-2-7-13-20/h1-2,4-7,10-15,24H,3,8-9,16-18H2. The highest BCUT2D eigenvalue weighted by molar-refractivity contribution is 5.92. The van der Waals surface area contributed by atoms with Crippen LogP contribution in [-0.2, 0) is 4.74 Å². The Morgan fingerprint density at radius 3 is 2.35 bits per heavy atom. The van der Waals surface area contributed by atoms with E-state index in [1.807, 2.05) is 53.4 Å². The van der Waals surface area contributed by atoms with Crippen molar-refractivity contribution in [2.45, 2.75) is 43.7 Å². The first-order chi connectivity index (χ1) is 15.2. The van der Waals surface area contributed by atoms with Gasteiger partial charge in [-0.05, 0) is 49.0 Å². The second-order valence-corrected chi connectivity index (χ2v) is 8.87. The SMILES string of the molecule is O=C1OC2(CCCCC2)CN1C1c2ccc(-c3ccccc3)c1c2Oc1ccccc1. The molecule has 0 N–H and O–H groups in total. The third kappa shape index (κ3) is 3.01. The molecule has 3 aliphatic carbocycles. The van der Waals surface area contributed by atoms with Gasteiger partial charge in [0.1, 0.15) is 17.1 Å². The molecule has 1 spiro atoms. The van der Waals surface area contributed by atoms with Gasteiger partial charge in [-0.25, -0.2) is 4.79 Å². The molecule has 2 bridgehead atoms. The van der Waals surface area contributed by atoms with E-state index in [9.17, 15) is 4.79 Å². The molecule has 6 rings (SSSR count). The van der Waals surface area contributed by atoms with Gasteiger partial charge >= 0.3 is 6.09 Å². The fourth-order valence-corrected chi connectivity index (χ4v) is 5.40. The average molecular weight is 412 g/mol. The van der Waals surface area contributed by atoms with Crippen LogP contribution in [-0.4, -0.2) is 29.2 Å². The zero-order valence-electron chi connectivity index (χ0n) is 17.4. The van der Waals surface area contributed by atoms with Crippen molar-refractivity contribution in [3.8, 4) is 5.75 Å². The maximum atomic E-state index is 13.0. The van der Waals surface area contributed by atoms with E-state index in [1.54, 1.807) is 0 Å². The normalized spacial score (nSPS) is 23.8. The Morgan fingerprint density at radius 2 is 1.61 bits per heavy atom. The van der Waals surface area contributed by atoms with Gasteiger partial charge in [-0.1, -0.05) is 67.1 Å². The van der Waals surface area contributed by atoms with Crippen molar-refractivity contribution in [1.29, 1.82) is 0 Å². The lowest BCUT2D eigenvalue weighted by molar-refractivity contribution is 0.0260. The third-order valence-corrected chi connectivity index (χ3v) is 6.92. The van der Waals surface area contributed by atoms with Crippen molar-refractivity contribution < 1.29 is 14.3 Å². The molecule has 2 fully saturated rings. The van der Waals surface area contributed by atoms with Gasteiger partial charge in [0.2, 0.25) is 0 Å². The quantitative estimate of drug-likeness (QED) is 0.631. The van der Waals surface area contributed by atoms with Gasteiger partial charge in [-0.3, -0.25) is 4.90 Å². The number of allylic oxidation sites excluding steroid dienone is 2. The maximum absolute atomic E-state index is 13.0. The van der Waals surface area contributed by atoms with Crippen molar-refractivity contribution in [2.24, 2.45) is 0 Å². The molecule has 4 heteroatoms. The van der Waals surface area contributed by atoms with Gasteiger partial charge in [-0.15, -0.1) is 0 Å². The van der Waals surface area contributed by atoms with E-state index >= 15 is 0 Å². The Bertz CT molecular complexity index is 1110. The van der Waals surface area contributed by atoms with Gasteiger partial charge in [0.05, 0.1) is 12.6 Å². The van der Waals surface area contributed by atoms with E-state index < -0.39 is 0 Å². The zero-order valence-corrected chi connectivity index (χ0v) is 17.4. The molecule has 4 aliphatic rings. The second kappa shape index (κ2) is 7.16. The van der Waals surface area contributed by atoms with Crippen LogP contribution in [0.5, 0.6) is 5.75 Å². The summed E-state index contributed by atoms with van der Waals surface area (Å²) in [6.07, 6.45) is 9.49. The van der Waals surface area contributed by atoms with E-state index in [0.717, 1.165) is 59.5 Å². The minimum atomic E-state index is -0.308. The molecule has 1 saturated heterocycles. The van der Waals surface area contributed by atoms with E-state index in [0.29, 0.717) is 6.54 Å². The maximum Gasteiger partial charge on any atom is 0.411 e. The number of hydrogen-bond donors (Lipinski definition) is 0. The molecule has 1 heterocycles. The summed E-state index contributed by atoms with van der Waals surface area (Å²) < 4.78 is 12.3. The first-order valence-corrected chi connectivity index (χ1v) is 11.2. The topological polar surface area (TPSA) is 38.8 Å². The Balaban J connectivity index is 1.38. The van der Waals surface area contributed by atoms with Crippen molar-refractivity contribution in [3.63, 3.8) is 0 Å². The zero-order chi connectivity index (χ0) is 20.8. The number of carbonyl (C=O) groups excluding carboxylic acids is 1. The molecule has 156 valence electrons. The predicted molar refractivity (Wildman–Crippen MR) is 119 cm³/mol. The minimum absolute atomic E-state index is 0.104. The Labute approximate surface area is 182 Å². The Kier molecular flexibility index (Phi) is 4.27. The van der Waals surface area contributed by atoms with Crippen LogP contribution in [0.1, 0.15) is 37.7 Å². The van der Waals surface area contributed by atoms with Crippen molar-refractivity contribution in [1.82, 2.24) is 4.90 Å². The van der Waals surface area contributed by atoms with Crippen LogP contribution in [0.4, 0.5) is 4.79 Å². The van der Waals surface area contributed by atoms with Crippen molar-refractivity contribution in [3.05, 3.63) is 95.3 Å². The van der Waals surface area contributed by atoms with Gasteiger partial charge in [-0.2, -0.15) is 0 Å². The lowest BCUT2D eigenvalue weighted by atomic mass is 9.72. The molecule has 2 aromatic rings. The van der Waals surface area contributed by atoms with Gasteiger partial charge in [0.25, 0.3) is 0 Å². The largest absolute Gasteiger partial charge is 0.457 e. The number of hydrogen-bond acceptors (Lipinski definition) is 3. The molecule has 4 nitrogen and oxygen atoms in total. The number of para-hydroxylation sites is 1. The smallest absolute Gasteiger partial charge is 0.411 e. The summed E-state index contributed by atoms with van der Waals surface area (Å²) in [5, 5.41) is 0. The molecule has 31 heavy (non-hydrogen) atoms. The van der Waals surface area contributed by atoms with E-state index in [2.05, 4.69) is 24.3 Å². The lowest BCUT2D eigenvalue weighted by Gasteiger charge is -2.43. The van der Waals surface area contributed by atoms with Crippen LogP contribution in [0.15, 0.2) is 89.7 Å².